The number of likely N-dealkylation sites (tertiary alicyclic amines) is 1. The zero-order valence-corrected chi connectivity index (χ0v) is 14.4. The first kappa shape index (κ1) is 16.5. The Kier molecular flexibility index (Phi) is 4.26. The molecule has 0 spiro atoms. The molecule has 1 aromatic carbocycles. The number of aliphatic hydroxyl groups is 1. The van der Waals surface area contributed by atoms with Crippen LogP contribution >= 0.6 is 0 Å². The van der Waals surface area contributed by atoms with Crippen molar-refractivity contribution in [3.05, 3.63) is 59.7 Å². The number of aliphatic hydroxyl groups excluding tert-OH is 1. The summed E-state index contributed by atoms with van der Waals surface area (Å²) in [7, 11) is 0. The molecule has 26 heavy (non-hydrogen) atoms. The van der Waals surface area contributed by atoms with Gasteiger partial charge in [0.15, 0.2) is 5.69 Å². The van der Waals surface area contributed by atoms with Crippen LogP contribution in [0.3, 0.4) is 0 Å². The Labute approximate surface area is 150 Å². The SMILES string of the molecule is Cc1cc(C[C@@H]2CN(C(=O)c3cnnn3-c3ccccc3)C[C@@H]2O)n[nH]1. The van der Waals surface area contributed by atoms with Crippen LogP contribution in [0.4, 0.5) is 0 Å². The topological polar surface area (TPSA) is 99.9 Å². The van der Waals surface area contributed by atoms with E-state index >= 15 is 0 Å². The first-order valence-electron chi connectivity index (χ1n) is 8.56. The summed E-state index contributed by atoms with van der Waals surface area (Å²) >= 11 is 0. The Morgan fingerprint density at radius 3 is 2.85 bits per heavy atom. The average Bonchev–Trinajstić information content (AvgIpc) is 3.36. The van der Waals surface area contributed by atoms with Crippen molar-refractivity contribution < 1.29 is 9.90 Å². The Morgan fingerprint density at radius 1 is 1.31 bits per heavy atom. The number of β-amino-alcohol motifs (C(OH)–C–C–N with tert-alkyl or cyclic N) is 1. The van der Waals surface area contributed by atoms with Gasteiger partial charge in [-0.2, -0.15) is 5.10 Å². The van der Waals surface area contributed by atoms with Crippen LogP contribution in [0.25, 0.3) is 5.69 Å². The Hall–Kier alpha value is -3.00. The second-order valence-electron chi connectivity index (χ2n) is 6.65. The maximum atomic E-state index is 12.9. The standard InChI is InChI=1S/C18H20N6O2/c1-12-7-14(21-20-12)8-13-10-23(11-17(13)25)18(26)16-9-19-22-24(16)15-5-3-2-4-6-15/h2-7,9,13,17,25H,8,10-11H2,1H3,(H,20,21)/t13-,17+/m1/s1. The molecular weight excluding hydrogens is 332 g/mol. The molecule has 0 saturated carbocycles. The summed E-state index contributed by atoms with van der Waals surface area (Å²) in [4.78, 5) is 14.6. The van der Waals surface area contributed by atoms with Gasteiger partial charge in [-0.05, 0) is 31.5 Å². The van der Waals surface area contributed by atoms with Crippen LogP contribution in [0.15, 0.2) is 42.6 Å². The van der Waals surface area contributed by atoms with Crippen molar-refractivity contribution in [3.8, 4) is 5.69 Å². The molecule has 3 heterocycles. The van der Waals surface area contributed by atoms with Gasteiger partial charge in [0.2, 0.25) is 0 Å². The van der Waals surface area contributed by atoms with Gasteiger partial charge < -0.3 is 10.0 Å². The summed E-state index contributed by atoms with van der Waals surface area (Å²) in [6.45, 7) is 2.72. The molecule has 1 fully saturated rings. The van der Waals surface area contributed by atoms with E-state index in [9.17, 15) is 9.90 Å². The number of nitrogens with one attached hydrogen (secondary N) is 1. The largest absolute Gasteiger partial charge is 0.391 e. The predicted molar refractivity (Wildman–Crippen MR) is 93.8 cm³/mol. The van der Waals surface area contributed by atoms with Gasteiger partial charge in [0.1, 0.15) is 0 Å². The normalized spacial score (nSPS) is 19.8. The van der Waals surface area contributed by atoms with Crippen LogP contribution in [-0.4, -0.2) is 60.3 Å². The number of aromatic amines is 1. The second-order valence-corrected chi connectivity index (χ2v) is 6.65. The summed E-state index contributed by atoms with van der Waals surface area (Å²) in [5.74, 6) is -0.221. The lowest BCUT2D eigenvalue weighted by molar-refractivity contribution is 0.0755. The number of nitrogens with zero attached hydrogens (tertiary/aromatic N) is 5. The summed E-state index contributed by atoms with van der Waals surface area (Å²) < 4.78 is 1.53. The monoisotopic (exact) mass is 352 g/mol. The quantitative estimate of drug-likeness (QED) is 0.729. The number of aryl methyl sites for hydroxylation is 1. The summed E-state index contributed by atoms with van der Waals surface area (Å²) in [5, 5.41) is 25.4. The lowest BCUT2D eigenvalue weighted by Crippen LogP contribution is -2.31. The number of rotatable bonds is 4. The minimum atomic E-state index is -0.572. The van der Waals surface area contributed by atoms with Crippen LogP contribution in [0.5, 0.6) is 0 Å². The highest BCUT2D eigenvalue weighted by molar-refractivity contribution is 5.93. The second kappa shape index (κ2) is 6.72. The first-order valence-corrected chi connectivity index (χ1v) is 8.56. The highest BCUT2D eigenvalue weighted by Gasteiger charge is 2.36. The third-order valence-corrected chi connectivity index (χ3v) is 4.69. The summed E-state index contributed by atoms with van der Waals surface area (Å²) in [5.41, 5.74) is 3.05. The molecule has 2 N–H and O–H groups in total. The van der Waals surface area contributed by atoms with Gasteiger partial charge in [0.05, 0.1) is 23.7 Å². The molecule has 8 nitrogen and oxygen atoms in total. The van der Waals surface area contributed by atoms with E-state index in [0.717, 1.165) is 17.1 Å². The maximum absolute atomic E-state index is 12.9. The number of H-pyrrole nitrogens is 1. The predicted octanol–water partition coefficient (Wildman–Crippen LogP) is 0.974. The number of carbonyl (C=O) groups excluding carboxylic acids is 1. The Bertz CT molecular complexity index is 903. The zero-order valence-electron chi connectivity index (χ0n) is 14.4. The van der Waals surface area contributed by atoms with Crippen LogP contribution in [0, 0.1) is 12.8 Å². The number of hydrogen-bond donors (Lipinski definition) is 2. The van der Waals surface area contributed by atoms with Gasteiger partial charge in [-0.3, -0.25) is 9.89 Å². The number of para-hydroxylation sites is 1. The summed E-state index contributed by atoms with van der Waals surface area (Å²) in [6, 6.07) is 11.4. The first-order chi connectivity index (χ1) is 12.6. The fourth-order valence-corrected chi connectivity index (χ4v) is 3.37. The molecule has 4 rings (SSSR count). The van der Waals surface area contributed by atoms with Gasteiger partial charge in [-0.15, -0.1) is 5.10 Å². The number of benzene rings is 1. The fraction of sp³-hybridized carbons (Fsp3) is 0.333. The van der Waals surface area contributed by atoms with Crippen LogP contribution < -0.4 is 0 Å². The van der Waals surface area contributed by atoms with Crippen molar-refractivity contribution in [2.24, 2.45) is 5.92 Å². The molecule has 1 aliphatic rings. The molecule has 1 aliphatic heterocycles. The van der Waals surface area contributed by atoms with Gasteiger partial charge in [-0.1, -0.05) is 23.4 Å². The molecule has 134 valence electrons. The van der Waals surface area contributed by atoms with Crippen molar-refractivity contribution in [3.63, 3.8) is 0 Å². The molecule has 0 aliphatic carbocycles. The highest BCUT2D eigenvalue weighted by atomic mass is 16.3. The van der Waals surface area contributed by atoms with E-state index < -0.39 is 6.10 Å². The minimum Gasteiger partial charge on any atom is -0.391 e. The molecular formula is C18H20N6O2. The minimum absolute atomic E-state index is 0.0392. The maximum Gasteiger partial charge on any atom is 0.274 e. The molecule has 0 unspecified atom stereocenters. The van der Waals surface area contributed by atoms with E-state index in [2.05, 4.69) is 20.5 Å². The molecule has 3 aromatic rings. The van der Waals surface area contributed by atoms with E-state index in [1.54, 1.807) is 4.90 Å². The number of amides is 1. The van der Waals surface area contributed by atoms with E-state index in [0.29, 0.717) is 25.2 Å². The van der Waals surface area contributed by atoms with E-state index in [-0.39, 0.29) is 11.8 Å². The smallest absolute Gasteiger partial charge is 0.274 e. The van der Waals surface area contributed by atoms with Crippen LogP contribution in [0.1, 0.15) is 21.9 Å². The van der Waals surface area contributed by atoms with Crippen molar-refractivity contribution in [1.29, 1.82) is 0 Å². The number of hydrogen-bond acceptors (Lipinski definition) is 5. The third kappa shape index (κ3) is 3.11. The van der Waals surface area contributed by atoms with Crippen molar-refractivity contribution in [1.82, 2.24) is 30.1 Å². The lowest BCUT2D eigenvalue weighted by atomic mass is 10.0. The molecule has 1 saturated heterocycles. The van der Waals surface area contributed by atoms with Gasteiger partial charge in [0.25, 0.3) is 5.91 Å². The highest BCUT2D eigenvalue weighted by Crippen LogP contribution is 2.23. The average molecular weight is 352 g/mol. The Morgan fingerprint density at radius 2 is 2.12 bits per heavy atom. The third-order valence-electron chi connectivity index (χ3n) is 4.69. The van der Waals surface area contributed by atoms with Crippen LogP contribution in [0.2, 0.25) is 0 Å². The molecule has 0 radical (unpaired) electrons. The van der Waals surface area contributed by atoms with Crippen molar-refractivity contribution in [2.45, 2.75) is 19.4 Å². The molecule has 2 aromatic heterocycles. The fourth-order valence-electron chi connectivity index (χ4n) is 3.37. The van der Waals surface area contributed by atoms with Gasteiger partial charge in [-0.25, -0.2) is 4.68 Å². The van der Waals surface area contributed by atoms with Gasteiger partial charge >= 0.3 is 0 Å². The zero-order chi connectivity index (χ0) is 18.1. The van der Waals surface area contributed by atoms with Crippen molar-refractivity contribution >= 4 is 5.91 Å². The van der Waals surface area contributed by atoms with E-state index in [1.807, 2.05) is 43.3 Å². The van der Waals surface area contributed by atoms with E-state index in [4.69, 9.17) is 0 Å². The molecule has 8 heteroatoms. The van der Waals surface area contributed by atoms with Crippen LogP contribution in [-0.2, 0) is 6.42 Å². The van der Waals surface area contributed by atoms with Gasteiger partial charge in [0, 0.05) is 24.7 Å². The number of carbonyl (C=O) groups is 1. The molecule has 2 atom stereocenters. The Balaban J connectivity index is 1.50. The van der Waals surface area contributed by atoms with Crippen molar-refractivity contribution in [2.75, 3.05) is 13.1 Å². The molecule has 0 bridgehead atoms. The van der Waals surface area contributed by atoms with E-state index in [1.165, 1.54) is 10.9 Å². The summed E-state index contributed by atoms with van der Waals surface area (Å²) in [6.07, 6.45) is 1.52. The lowest BCUT2D eigenvalue weighted by Gasteiger charge is -2.16. The molecule has 1 amide bonds. The number of aromatic nitrogens is 5.